The van der Waals surface area contributed by atoms with Gasteiger partial charge in [0.25, 0.3) is 0 Å². The van der Waals surface area contributed by atoms with Crippen molar-refractivity contribution in [2.24, 2.45) is 5.73 Å². The quantitative estimate of drug-likeness (QED) is 0.196. The van der Waals surface area contributed by atoms with Gasteiger partial charge in [-0.1, -0.05) is 0 Å². The van der Waals surface area contributed by atoms with E-state index in [1.807, 2.05) is 0 Å². The fraction of sp³-hybridized carbons (Fsp3) is 0.933. The molecule has 0 aliphatic carbocycles. The Bertz CT molecular complexity index is 248. The molecule has 0 heterocycles. The van der Waals surface area contributed by atoms with Gasteiger partial charge in [0.1, 0.15) is 0 Å². The van der Waals surface area contributed by atoms with Crippen LogP contribution in [-0.4, -0.2) is 98.8 Å². The zero-order valence-corrected chi connectivity index (χ0v) is 14.4. The van der Waals surface area contributed by atoms with E-state index in [9.17, 15) is 4.79 Å². The first kappa shape index (κ1) is 23.2. The van der Waals surface area contributed by atoms with Gasteiger partial charge in [-0.2, -0.15) is 0 Å². The van der Waals surface area contributed by atoms with E-state index in [0.717, 1.165) is 0 Å². The van der Waals surface area contributed by atoms with Crippen molar-refractivity contribution in [3.05, 3.63) is 0 Å². The molecule has 0 aliphatic rings. The number of rotatable bonds is 21. The lowest BCUT2D eigenvalue weighted by Gasteiger charge is -2.08. The molecular formula is C15H32N2O7. The number of ether oxygens (including phenoxy) is 6. The van der Waals surface area contributed by atoms with Crippen LogP contribution in [0.1, 0.15) is 0 Å². The topological polar surface area (TPSA) is 111 Å². The summed E-state index contributed by atoms with van der Waals surface area (Å²) in [5, 5.41) is 2.51. The van der Waals surface area contributed by atoms with Gasteiger partial charge >= 0.3 is 0 Å². The second-order valence-corrected chi connectivity index (χ2v) is 4.53. The van der Waals surface area contributed by atoms with Crippen molar-refractivity contribution >= 4 is 6.41 Å². The third kappa shape index (κ3) is 21.2. The molecular weight excluding hydrogens is 320 g/mol. The number of hydrogen-bond donors (Lipinski definition) is 2. The van der Waals surface area contributed by atoms with Crippen molar-refractivity contribution in [2.45, 2.75) is 0 Å². The molecule has 0 rings (SSSR count). The molecule has 1 amide bonds. The molecule has 0 atom stereocenters. The Hall–Kier alpha value is -0.810. The maximum absolute atomic E-state index is 9.97. The molecule has 0 aromatic rings. The van der Waals surface area contributed by atoms with Crippen LogP contribution < -0.4 is 11.1 Å². The second kappa shape index (κ2) is 22.2. The summed E-state index contributed by atoms with van der Waals surface area (Å²) in [6.45, 7) is 7.37. The van der Waals surface area contributed by atoms with Gasteiger partial charge in [-0.05, 0) is 0 Å². The molecule has 0 aromatic carbocycles. The molecule has 0 spiro atoms. The summed E-state index contributed by atoms with van der Waals surface area (Å²) in [6.07, 6.45) is 0.647. The van der Waals surface area contributed by atoms with Crippen LogP contribution in [-0.2, 0) is 33.2 Å². The molecule has 0 radical (unpaired) electrons. The van der Waals surface area contributed by atoms with Crippen LogP contribution in [0.4, 0.5) is 0 Å². The Labute approximate surface area is 144 Å². The van der Waals surface area contributed by atoms with Gasteiger partial charge in [-0.25, -0.2) is 0 Å². The standard InChI is InChI=1S/C15H32N2O7/c16-1-3-19-5-7-21-9-11-23-13-14-24-12-10-22-8-6-20-4-2-17-15-18/h15H,1-14,16H2,(H,17,18). The largest absolute Gasteiger partial charge is 0.378 e. The lowest BCUT2D eigenvalue weighted by Crippen LogP contribution is -2.19. The van der Waals surface area contributed by atoms with E-state index in [0.29, 0.717) is 98.8 Å². The van der Waals surface area contributed by atoms with Crippen molar-refractivity contribution in [3.63, 3.8) is 0 Å². The monoisotopic (exact) mass is 352 g/mol. The average Bonchev–Trinajstić information content (AvgIpc) is 2.60. The highest BCUT2D eigenvalue weighted by molar-refractivity contribution is 5.45. The minimum Gasteiger partial charge on any atom is -0.378 e. The normalized spacial score (nSPS) is 10.9. The summed E-state index contributed by atoms with van der Waals surface area (Å²) in [5.41, 5.74) is 5.29. The molecule has 144 valence electrons. The van der Waals surface area contributed by atoms with Crippen LogP contribution in [0.2, 0.25) is 0 Å². The Morgan fingerprint density at radius 1 is 0.583 bits per heavy atom. The Kier molecular flexibility index (Phi) is 21.4. The first-order valence-electron chi connectivity index (χ1n) is 8.25. The van der Waals surface area contributed by atoms with Gasteiger partial charge in [-0.15, -0.1) is 0 Å². The van der Waals surface area contributed by atoms with Crippen molar-refractivity contribution < 1.29 is 33.2 Å². The highest BCUT2D eigenvalue weighted by atomic mass is 16.6. The predicted octanol–water partition coefficient (Wildman–Crippen LogP) is -1.21. The maximum Gasteiger partial charge on any atom is 0.207 e. The first-order chi connectivity index (χ1) is 11.9. The van der Waals surface area contributed by atoms with E-state index in [-0.39, 0.29) is 0 Å². The van der Waals surface area contributed by atoms with E-state index < -0.39 is 0 Å². The van der Waals surface area contributed by atoms with E-state index >= 15 is 0 Å². The average molecular weight is 352 g/mol. The van der Waals surface area contributed by atoms with E-state index in [2.05, 4.69) is 5.32 Å². The van der Waals surface area contributed by atoms with Crippen LogP contribution in [0.3, 0.4) is 0 Å². The summed E-state index contributed by atoms with van der Waals surface area (Å²) in [4.78, 5) is 9.97. The van der Waals surface area contributed by atoms with Gasteiger partial charge in [0, 0.05) is 13.1 Å². The van der Waals surface area contributed by atoms with Crippen molar-refractivity contribution in [2.75, 3.05) is 92.4 Å². The zero-order chi connectivity index (χ0) is 17.6. The summed E-state index contributed by atoms with van der Waals surface area (Å²) >= 11 is 0. The fourth-order valence-corrected chi connectivity index (χ4v) is 1.47. The maximum atomic E-state index is 9.97. The molecule has 0 aliphatic heterocycles. The van der Waals surface area contributed by atoms with Crippen LogP contribution in [0.25, 0.3) is 0 Å². The highest BCUT2D eigenvalue weighted by Crippen LogP contribution is 1.84. The zero-order valence-electron chi connectivity index (χ0n) is 14.4. The number of amides is 1. The number of carbonyl (C=O) groups excluding carboxylic acids is 1. The van der Waals surface area contributed by atoms with Crippen molar-refractivity contribution in [1.82, 2.24) is 5.32 Å². The van der Waals surface area contributed by atoms with E-state index in [4.69, 9.17) is 34.2 Å². The summed E-state index contributed by atoms with van der Waals surface area (Å²) in [5.74, 6) is 0. The molecule has 24 heavy (non-hydrogen) atoms. The van der Waals surface area contributed by atoms with Gasteiger partial charge in [0.2, 0.25) is 6.41 Å². The molecule has 0 saturated carbocycles. The van der Waals surface area contributed by atoms with Crippen molar-refractivity contribution in [1.29, 1.82) is 0 Å². The van der Waals surface area contributed by atoms with Crippen LogP contribution >= 0.6 is 0 Å². The van der Waals surface area contributed by atoms with E-state index in [1.165, 1.54) is 0 Å². The molecule has 0 unspecified atom stereocenters. The molecule has 9 heteroatoms. The Morgan fingerprint density at radius 3 is 1.25 bits per heavy atom. The fourth-order valence-electron chi connectivity index (χ4n) is 1.47. The lowest BCUT2D eigenvalue weighted by atomic mass is 10.6. The molecule has 0 bridgehead atoms. The summed E-state index contributed by atoms with van der Waals surface area (Å²) in [7, 11) is 0. The third-order valence-corrected chi connectivity index (χ3v) is 2.60. The SMILES string of the molecule is NCCOCCOCCOCCOCCOCCOCCNC=O. The van der Waals surface area contributed by atoms with Crippen LogP contribution in [0, 0.1) is 0 Å². The van der Waals surface area contributed by atoms with Crippen molar-refractivity contribution in [3.8, 4) is 0 Å². The summed E-state index contributed by atoms with van der Waals surface area (Å²) in [6, 6.07) is 0. The molecule has 0 fully saturated rings. The van der Waals surface area contributed by atoms with Gasteiger partial charge < -0.3 is 39.5 Å². The third-order valence-electron chi connectivity index (χ3n) is 2.60. The van der Waals surface area contributed by atoms with Crippen LogP contribution in [0.5, 0.6) is 0 Å². The molecule has 0 aromatic heterocycles. The van der Waals surface area contributed by atoms with Crippen LogP contribution in [0.15, 0.2) is 0 Å². The highest BCUT2D eigenvalue weighted by Gasteiger charge is 1.93. The number of nitrogens with two attached hydrogens (primary N) is 1. The Balaban J connectivity index is 2.94. The minimum atomic E-state index is 0.486. The van der Waals surface area contributed by atoms with E-state index in [1.54, 1.807) is 0 Å². The first-order valence-corrected chi connectivity index (χ1v) is 8.25. The number of nitrogens with one attached hydrogen (secondary N) is 1. The second-order valence-electron chi connectivity index (χ2n) is 4.53. The Morgan fingerprint density at radius 2 is 0.917 bits per heavy atom. The van der Waals surface area contributed by atoms with Gasteiger partial charge in [0.05, 0.1) is 79.3 Å². The summed E-state index contributed by atoms with van der Waals surface area (Å²) < 4.78 is 31.7. The molecule has 9 nitrogen and oxygen atoms in total. The van der Waals surface area contributed by atoms with Gasteiger partial charge in [0.15, 0.2) is 0 Å². The lowest BCUT2D eigenvalue weighted by molar-refractivity contribution is -0.109. The number of hydrogen-bond acceptors (Lipinski definition) is 8. The molecule has 3 N–H and O–H groups in total. The minimum absolute atomic E-state index is 0.486. The molecule has 0 saturated heterocycles. The smallest absolute Gasteiger partial charge is 0.207 e. The predicted molar refractivity (Wildman–Crippen MR) is 88.0 cm³/mol. The number of carbonyl (C=O) groups is 1. The van der Waals surface area contributed by atoms with Gasteiger partial charge in [-0.3, -0.25) is 4.79 Å².